The molecule has 1 aliphatic heterocycles. The molecule has 4 rings (SSSR count). The molecule has 0 saturated carbocycles. The molecule has 0 bridgehead atoms. The second-order valence-corrected chi connectivity index (χ2v) is 7.61. The summed E-state index contributed by atoms with van der Waals surface area (Å²) in [6.45, 7) is 2.57. The summed E-state index contributed by atoms with van der Waals surface area (Å²) in [7, 11) is 3.57. The van der Waals surface area contributed by atoms with Gasteiger partial charge in [-0.2, -0.15) is 5.10 Å². The Morgan fingerprint density at radius 3 is 2.79 bits per heavy atom. The van der Waals surface area contributed by atoms with Crippen molar-refractivity contribution in [2.45, 2.75) is 31.4 Å². The van der Waals surface area contributed by atoms with Crippen LogP contribution in [0.25, 0.3) is 11.3 Å². The third-order valence-corrected chi connectivity index (χ3v) is 5.38. The van der Waals surface area contributed by atoms with Gasteiger partial charge < -0.3 is 14.4 Å². The van der Waals surface area contributed by atoms with Crippen LogP contribution in [-0.4, -0.2) is 50.7 Å². The Kier molecular flexibility index (Phi) is 5.19. The summed E-state index contributed by atoms with van der Waals surface area (Å²) in [5.41, 5.74) is 2.14. The van der Waals surface area contributed by atoms with Crippen molar-refractivity contribution in [1.82, 2.24) is 19.8 Å². The Bertz CT molecular complexity index is 925. The largest absolute Gasteiger partial charge is 0.497 e. The van der Waals surface area contributed by atoms with Gasteiger partial charge in [0.1, 0.15) is 17.2 Å². The predicted octanol–water partition coefficient (Wildman–Crippen LogP) is 2.65. The summed E-state index contributed by atoms with van der Waals surface area (Å²) in [6, 6.07) is 9.62. The minimum atomic E-state index is -0.753. The molecule has 3 heterocycles. The molecule has 1 N–H and O–H groups in total. The molecule has 0 radical (unpaired) electrons. The lowest BCUT2D eigenvalue weighted by Crippen LogP contribution is -2.45. The van der Waals surface area contributed by atoms with Gasteiger partial charge in [-0.05, 0) is 25.0 Å². The van der Waals surface area contributed by atoms with Crippen LogP contribution in [0.15, 0.2) is 47.2 Å². The maximum atomic E-state index is 11.0. The molecule has 28 heavy (non-hydrogen) atoms. The zero-order valence-electron chi connectivity index (χ0n) is 16.3. The Morgan fingerprint density at radius 2 is 2.07 bits per heavy atom. The van der Waals surface area contributed by atoms with E-state index in [4.69, 9.17) is 9.26 Å². The fourth-order valence-electron chi connectivity index (χ4n) is 3.75. The molecule has 1 aromatic carbocycles. The zero-order valence-corrected chi connectivity index (χ0v) is 16.3. The summed E-state index contributed by atoms with van der Waals surface area (Å²) in [5.74, 6) is 1.49. The van der Waals surface area contributed by atoms with Gasteiger partial charge in [-0.3, -0.25) is 9.58 Å². The summed E-state index contributed by atoms with van der Waals surface area (Å²) in [6.07, 6.45) is 5.83. The van der Waals surface area contributed by atoms with Crippen molar-refractivity contribution in [3.63, 3.8) is 0 Å². The quantitative estimate of drug-likeness (QED) is 0.706. The van der Waals surface area contributed by atoms with Gasteiger partial charge in [0.15, 0.2) is 0 Å². The summed E-state index contributed by atoms with van der Waals surface area (Å²) in [5, 5.41) is 19.4. The molecule has 0 atom stereocenters. The smallest absolute Gasteiger partial charge is 0.140 e. The predicted molar refractivity (Wildman–Crippen MR) is 105 cm³/mol. The molecular weight excluding hydrogens is 356 g/mol. The fourth-order valence-corrected chi connectivity index (χ4v) is 3.75. The van der Waals surface area contributed by atoms with Crippen molar-refractivity contribution in [2.24, 2.45) is 7.05 Å². The molecule has 0 aliphatic carbocycles. The second kappa shape index (κ2) is 7.77. The summed E-state index contributed by atoms with van der Waals surface area (Å²) in [4.78, 5) is 2.35. The third kappa shape index (κ3) is 4.26. The number of piperidine rings is 1. The normalized spacial score (nSPS) is 17.0. The Balaban J connectivity index is 1.36. The molecular formula is C21H26N4O3. The molecule has 7 heteroatoms. The number of aromatic nitrogens is 3. The maximum Gasteiger partial charge on any atom is 0.140 e. The van der Waals surface area contributed by atoms with Crippen molar-refractivity contribution < 1.29 is 14.4 Å². The Hall–Kier alpha value is -2.64. The van der Waals surface area contributed by atoms with Gasteiger partial charge in [0.25, 0.3) is 0 Å². The number of aliphatic hydroxyl groups is 1. The van der Waals surface area contributed by atoms with Gasteiger partial charge in [-0.25, -0.2) is 0 Å². The number of hydrogen-bond donors (Lipinski definition) is 1. The number of ether oxygens (including phenoxy) is 1. The lowest BCUT2D eigenvalue weighted by Gasteiger charge is -2.37. The molecule has 3 aromatic rings. The van der Waals surface area contributed by atoms with Gasteiger partial charge in [0, 0.05) is 56.5 Å². The van der Waals surface area contributed by atoms with E-state index in [0.29, 0.717) is 25.0 Å². The standard InChI is InChI=1S/C21H26N4O3/c1-24-14-16(13-22-24)15-25-8-6-21(26,7-9-25)12-19-11-20(23-28-19)17-4-3-5-18(10-17)27-2/h3-5,10-11,13-14,26H,6-9,12,15H2,1-2H3. The van der Waals surface area contributed by atoms with Crippen molar-refractivity contribution in [1.29, 1.82) is 0 Å². The highest BCUT2D eigenvalue weighted by Crippen LogP contribution is 2.29. The first kappa shape index (κ1) is 18.7. The Labute approximate surface area is 164 Å². The maximum absolute atomic E-state index is 11.0. The lowest BCUT2D eigenvalue weighted by atomic mass is 9.87. The number of nitrogens with zero attached hydrogens (tertiary/aromatic N) is 4. The van der Waals surface area contributed by atoms with E-state index in [9.17, 15) is 5.11 Å². The second-order valence-electron chi connectivity index (χ2n) is 7.61. The molecule has 1 saturated heterocycles. The molecule has 0 unspecified atom stereocenters. The van der Waals surface area contributed by atoms with Crippen molar-refractivity contribution in [3.05, 3.63) is 54.0 Å². The highest BCUT2D eigenvalue weighted by Gasteiger charge is 2.33. The summed E-state index contributed by atoms with van der Waals surface area (Å²) >= 11 is 0. The van der Waals surface area contributed by atoms with E-state index in [1.165, 1.54) is 5.56 Å². The van der Waals surface area contributed by atoms with Gasteiger partial charge in [-0.1, -0.05) is 17.3 Å². The molecule has 0 spiro atoms. The lowest BCUT2D eigenvalue weighted by molar-refractivity contribution is -0.0265. The number of methoxy groups -OCH3 is 1. The van der Waals surface area contributed by atoms with Crippen molar-refractivity contribution >= 4 is 0 Å². The SMILES string of the molecule is COc1cccc(-c2cc(CC3(O)CCN(Cc4cnn(C)c4)CC3)on2)c1. The van der Waals surface area contributed by atoms with Gasteiger partial charge >= 0.3 is 0 Å². The van der Waals surface area contributed by atoms with Gasteiger partial charge in [-0.15, -0.1) is 0 Å². The van der Waals surface area contributed by atoms with Crippen LogP contribution in [0.3, 0.4) is 0 Å². The van der Waals surface area contributed by atoms with E-state index >= 15 is 0 Å². The number of hydrogen-bond acceptors (Lipinski definition) is 6. The van der Waals surface area contributed by atoms with Crippen molar-refractivity contribution in [2.75, 3.05) is 20.2 Å². The van der Waals surface area contributed by atoms with Crippen LogP contribution in [0.4, 0.5) is 0 Å². The number of aryl methyl sites for hydroxylation is 1. The zero-order chi connectivity index (χ0) is 19.6. The van der Waals surface area contributed by atoms with E-state index in [-0.39, 0.29) is 0 Å². The van der Waals surface area contributed by atoms with E-state index in [2.05, 4.69) is 15.2 Å². The minimum absolute atomic E-state index is 0.477. The molecule has 1 aliphatic rings. The first-order chi connectivity index (χ1) is 13.5. The van der Waals surface area contributed by atoms with Crippen LogP contribution < -0.4 is 4.74 Å². The number of rotatable bonds is 6. The molecule has 7 nitrogen and oxygen atoms in total. The van der Waals surface area contributed by atoms with Crippen LogP contribution in [0, 0.1) is 0 Å². The van der Waals surface area contributed by atoms with Crippen LogP contribution >= 0.6 is 0 Å². The fraction of sp³-hybridized carbons (Fsp3) is 0.429. The average Bonchev–Trinajstić information content (AvgIpc) is 3.32. The van der Waals surface area contributed by atoms with E-state index < -0.39 is 5.60 Å². The monoisotopic (exact) mass is 382 g/mol. The van der Waals surface area contributed by atoms with Gasteiger partial charge in [0.2, 0.25) is 0 Å². The highest BCUT2D eigenvalue weighted by atomic mass is 16.5. The van der Waals surface area contributed by atoms with Crippen LogP contribution in [-0.2, 0) is 20.0 Å². The molecule has 2 aromatic heterocycles. The van der Waals surface area contributed by atoms with Crippen LogP contribution in [0.2, 0.25) is 0 Å². The van der Waals surface area contributed by atoms with Crippen molar-refractivity contribution in [3.8, 4) is 17.0 Å². The topological polar surface area (TPSA) is 76.6 Å². The van der Waals surface area contributed by atoms with E-state index in [1.54, 1.807) is 7.11 Å². The third-order valence-electron chi connectivity index (χ3n) is 5.38. The first-order valence-corrected chi connectivity index (χ1v) is 9.55. The summed E-state index contributed by atoms with van der Waals surface area (Å²) < 4.78 is 12.6. The number of likely N-dealkylation sites (tertiary alicyclic amines) is 1. The van der Waals surface area contributed by atoms with Crippen LogP contribution in [0.5, 0.6) is 5.75 Å². The van der Waals surface area contributed by atoms with E-state index in [0.717, 1.165) is 36.6 Å². The average molecular weight is 382 g/mol. The molecule has 0 amide bonds. The molecule has 148 valence electrons. The number of benzene rings is 1. The van der Waals surface area contributed by atoms with E-state index in [1.807, 2.05) is 54.5 Å². The first-order valence-electron chi connectivity index (χ1n) is 9.55. The highest BCUT2D eigenvalue weighted by molar-refractivity contribution is 5.60. The van der Waals surface area contributed by atoms with Gasteiger partial charge in [0.05, 0.1) is 18.9 Å². The molecule has 1 fully saturated rings. The van der Waals surface area contributed by atoms with Crippen LogP contribution in [0.1, 0.15) is 24.2 Å². The minimum Gasteiger partial charge on any atom is -0.497 e. The Morgan fingerprint density at radius 1 is 1.25 bits per heavy atom.